The number of aromatic nitrogens is 2. The number of anilines is 2. The molecule has 0 bridgehead atoms. The van der Waals surface area contributed by atoms with Crippen LogP contribution in [-0.2, 0) is 0 Å². The van der Waals surface area contributed by atoms with E-state index in [-0.39, 0.29) is 0 Å². The summed E-state index contributed by atoms with van der Waals surface area (Å²) in [5.41, 5.74) is 6.62. The predicted octanol–water partition coefficient (Wildman–Crippen LogP) is 1.98. The normalized spacial score (nSPS) is 18.3. The third kappa shape index (κ3) is 2.19. The highest BCUT2D eigenvalue weighted by atomic mass is 15.2. The Morgan fingerprint density at radius 2 is 2.21 bits per heavy atom. The number of hydrogen-bond acceptors (Lipinski definition) is 3. The Labute approximate surface area is 84.3 Å². The zero-order valence-corrected chi connectivity index (χ0v) is 8.42. The van der Waals surface area contributed by atoms with Crippen LogP contribution in [0.4, 0.5) is 11.5 Å². The van der Waals surface area contributed by atoms with Gasteiger partial charge in [-0.15, -0.1) is 0 Å². The van der Waals surface area contributed by atoms with E-state index in [1.165, 1.54) is 32.1 Å². The van der Waals surface area contributed by atoms with E-state index in [4.69, 9.17) is 5.73 Å². The van der Waals surface area contributed by atoms with Crippen molar-refractivity contribution in [3.63, 3.8) is 0 Å². The minimum atomic E-state index is 0.640. The molecule has 1 saturated carbocycles. The van der Waals surface area contributed by atoms with Gasteiger partial charge >= 0.3 is 0 Å². The third-order valence-electron chi connectivity index (χ3n) is 2.97. The first kappa shape index (κ1) is 9.37. The van der Waals surface area contributed by atoms with Gasteiger partial charge in [0, 0.05) is 6.54 Å². The zero-order chi connectivity index (χ0) is 9.80. The Kier molecular flexibility index (Phi) is 2.91. The highest BCUT2D eigenvalue weighted by molar-refractivity contribution is 5.59. The number of aromatic amines is 1. The summed E-state index contributed by atoms with van der Waals surface area (Å²) in [7, 11) is 0. The van der Waals surface area contributed by atoms with Gasteiger partial charge in [-0.05, 0) is 18.8 Å². The van der Waals surface area contributed by atoms with Gasteiger partial charge in [0.15, 0.2) is 0 Å². The number of nitrogen functional groups attached to an aromatic ring is 1. The molecule has 0 aromatic carbocycles. The lowest BCUT2D eigenvalue weighted by Crippen LogP contribution is -2.17. The summed E-state index contributed by atoms with van der Waals surface area (Å²) in [6.45, 7) is 1.03. The highest BCUT2D eigenvalue weighted by Gasteiger charge is 2.13. The van der Waals surface area contributed by atoms with Gasteiger partial charge in [-0.1, -0.05) is 19.3 Å². The van der Waals surface area contributed by atoms with E-state index in [0.717, 1.165) is 18.2 Å². The van der Waals surface area contributed by atoms with E-state index in [1.54, 1.807) is 6.20 Å². The van der Waals surface area contributed by atoms with Gasteiger partial charge in [0.25, 0.3) is 0 Å². The number of nitrogens with two attached hydrogens (primary N) is 1. The number of nitrogens with zero attached hydrogens (tertiary/aromatic N) is 1. The van der Waals surface area contributed by atoms with Crippen molar-refractivity contribution in [1.29, 1.82) is 0 Å². The summed E-state index contributed by atoms with van der Waals surface area (Å²) in [4.78, 5) is 0. The fourth-order valence-corrected chi connectivity index (χ4v) is 2.08. The lowest BCUT2D eigenvalue weighted by atomic mass is 9.89. The molecule has 0 unspecified atom stereocenters. The molecule has 0 atom stereocenters. The standard InChI is InChI=1S/C10H18N4/c11-10-9(7-13-14-10)12-6-8-4-2-1-3-5-8/h7-8,12H,1-6H2,(H3,11,13,14). The average Bonchev–Trinajstić information content (AvgIpc) is 2.63. The Morgan fingerprint density at radius 1 is 1.43 bits per heavy atom. The van der Waals surface area contributed by atoms with E-state index >= 15 is 0 Å². The van der Waals surface area contributed by atoms with E-state index < -0.39 is 0 Å². The Bertz CT molecular complexity index is 275. The van der Waals surface area contributed by atoms with Crippen LogP contribution in [0, 0.1) is 5.92 Å². The molecule has 0 spiro atoms. The first-order valence-electron chi connectivity index (χ1n) is 5.39. The van der Waals surface area contributed by atoms with Crippen molar-refractivity contribution >= 4 is 11.5 Å². The van der Waals surface area contributed by atoms with E-state index in [2.05, 4.69) is 15.5 Å². The maximum absolute atomic E-state index is 5.68. The molecule has 1 aromatic heterocycles. The van der Waals surface area contributed by atoms with Gasteiger partial charge in [0.1, 0.15) is 5.82 Å². The lowest BCUT2D eigenvalue weighted by molar-refractivity contribution is 0.373. The summed E-state index contributed by atoms with van der Waals surface area (Å²) >= 11 is 0. The molecule has 1 aliphatic carbocycles. The monoisotopic (exact) mass is 194 g/mol. The van der Waals surface area contributed by atoms with Crippen molar-refractivity contribution in [3.05, 3.63) is 6.20 Å². The van der Waals surface area contributed by atoms with Crippen molar-refractivity contribution in [1.82, 2.24) is 10.2 Å². The summed E-state index contributed by atoms with van der Waals surface area (Å²) in [6, 6.07) is 0. The molecule has 14 heavy (non-hydrogen) atoms. The molecule has 0 aliphatic heterocycles. The molecular weight excluding hydrogens is 176 g/mol. The van der Waals surface area contributed by atoms with Crippen LogP contribution in [0.5, 0.6) is 0 Å². The molecule has 4 nitrogen and oxygen atoms in total. The van der Waals surface area contributed by atoms with Gasteiger partial charge in [0.2, 0.25) is 0 Å². The minimum absolute atomic E-state index is 0.640. The van der Waals surface area contributed by atoms with E-state index in [1.807, 2.05) is 0 Å². The summed E-state index contributed by atoms with van der Waals surface area (Å²) in [6.07, 6.45) is 8.62. The van der Waals surface area contributed by atoms with E-state index in [9.17, 15) is 0 Å². The summed E-state index contributed by atoms with van der Waals surface area (Å²) in [5, 5.41) is 9.94. The maximum atomic E-state index is 5.68. The summed E-state index contributed by atoms with van der Waals surface area (Å²) in [5.74, 6) is 1.46. The van der Waals surface area contributed by atoms with Crippen molar-refractivity contribution < 1.29 is 0 Å². The molecule has 1 aliphatic rings. The summed E-state index contributed by atoms with van der Waals surface area (Å²) < 4.78 is 0. The van der Waals surface area contributed by atoms with Crippen molar-refractivity contribution in [2.45, 2.75) is 32.1 Å². The second-order valence-corrected chi connectivity index (χ2v) is 4.08. The predicted molar refractivity (Wildman–Crippen MR) is 58.1 cm³/mol. The quantitative estimate of drug-likeness (QED) is 0.689. The van der Waals surface area contributed by atoms with Crippen molar-refractivity contribution in [2.24, 2.45) is 5.92 Å². The van der Waals surface area contributed by atoms with Crippen LogP contribution >= 0.6 is 0 Å². The largest absolute Gasteiger partial charge is 0.382 e. The first-order chi connectivity index (χ1) is 6.86. The fraction of sp³-hybridized carbons (Fsp3) is 0.700. The molecule has 0 amide bonds. The number of H-pyrrole nitrogens is 1. The molecular formula is C10H18N4. The molecule has 2 rings (SSSR count). The zero-order valence-electron chi connectivity index (χ0n) is 8.42. The molecule has 78 valence electrons. The van der Waals surface area contributed by atoms with Crippen LogP contribution in [0.1, 0.15) is 32.1 Å². The van der Waals surface area contributed by atoms with Crippen LogP contribution in [0.3, 0.4) is 0 Å². The minimum Gasteiger partial charge on any atom is -0.382 e. The highest BCUT2D eigenvalue weighted by Crippen LogP contribution is 2.24. The van der Waals surface area contributed by atoms with Gasteiger partial charge in [-0.25, -0.2) is 0 Å². The number of nitrogens with one attached hydrogen (secondary N) is 2. The Balaban J connectivity index is 1.79. The van der Waals surface area contributed by atoms with Crippen LogP contribution in [0.2, 0.25) is 0 Å². The van der Waals surface area contributed by atoms with Crippen LogP contribution in [0.15, 0.2) is 6.20 Å². The Hall–Kier alpha value is -1.19. The van der Waals surface area contributed by atoms with Crippen LogP contribution in [-0.4, -0.2) is 16.7 Å². The molecule has 4 N–H and O–H groups in total. The first-order valence-corrected chi connectivity index (χ1v) is 5.39. The topological polar surface area (TPSA) is 66.7 Å². The van der Waals surface area contributed by atoms with Crippen molar-refractivity contribution in [3.8, 4) is 0 Å². The van der Waals surface area contributed by atoms with Gasteiger partial charge in [-0.2, -0.15) is 5.10 Å². The third-order valence-corrected chi connectivity index (χ3v) is 2.97. The van der Waals surface area contributed by atoms with Gasteiger partial charge in [-0.3, -0.25) is 5.10 Å². The smallest absolute Gasteiger partial charge is 0.142 e. The molecule has 1 fully saturated rings. The molecule has 0 saturated heterocycles. The van der Waals surface area contributed by atoms with E-state index in [0.29, 0.717) is 5.82 Å². The SMILES string of the molecule is Nc1[nH]ncc1NCC1CCCCC1. The van der Waals surface area contributed by atoms with Crippen LogP contribution in [0.25, 0.3) is 0 Å². The lowest BCUT2D eigenvalue weighted by Gasteiger charge is -2.21. The number of hydrogen-bond donors (Lipinski definition) is 3. The number of rotatable bonds is 3. The van der Waals surface area contributed by atoms with Gasteiger partial charge < -0.3 is 11.1 Å². The average molecular weight is 194 g/mol. The molecule has 0 radical (unpaired) electrons. The fourth-order valence-electron chi connectivity index (χ4n) is 2.08. The molecule has 1 heterocycles. The van der Waals surface area contributed by atoms with Crippen LogP contribution < -0.4 is 11.1 Å². The van der Waals surface area contributed by atoms with Crippen molar-refractivity contribution in [2.75, 3.05) is 17.6 Å². The Morgan fingerprint density at radius 3 is 2.86 bits per heavy atom. The molecule has 1 aromatic rings. The molecule has 4 heteroatoms. The van der Waals surface area contributed by atoms with Gasteiger partial charge in [0.05, 0.1) is 11.9 Å². The maximum Gasteiger partial charge on any atom is 0.142 e. The second kappa shape index (κ2) is 4.35. The second-order valence-electron chi connectivity index (χ2n) is 4.08.